The number of nitrogens with one attached hydrogen (secondary N) is 1. The molecule has 0 fully saturated rings. The van der Waals surface area contributed by atoms with Crippen LogP contribution in [-0.4, -0.2) is 28.0 Å². The molecule has 1 rings (SSSR count). The fourth-order valence-electron chi connectivity index (χ4n) is 1.14. The fourth-order valence-corrected chi connectivity index (χ4v) is 1.14. The first kappa shape index (κ1) is 12.7. The lowest BCUT2D eigenvalue weighted by molar-refractivity contribution is -0.385. The van der Waals surface area contributed by atoms with Gasteiger partial charge in [-0.15, -0.1) is 12.3 Å². The van der Waals surface area contributed by atoms with Crippen molar-refractivity contribution in [2.24, 2.45) is 0 Å². The van der Waals surface area contributed by atoms with E-state index in [0.29, 0.717) is 13.0 Å². The molecule has 7 nitrogen and oxygen atoms in total. The first-order valence-electron chi connectivity index (χ1n) is 5.00. The summed E-state index contributed by atoms with van der Waals surface area (Å²) >= 11 is 0. The lowest BCUT2D eigenvalue weighted by Gasteiger charge is -2.07. The van der Waals surface area contributed by atoms with Gasteiger partial charge >= 0.3 is 5.69 Å². The van der Waals surface area contributed by atoms with Gasteiger partial charge in [0.05, 0.1) is 4.92 Å². The monoisotopic (exact) mass is 236 g/mol. The summed E-state index contributed by atoms with van der Waals surface area (Å²) in [6, 6.07) is 0. The third kappa shape index (κ3) is 3.31. The van der Waals surface area contributed by atoms with Crippen LogP contribution in [0, 0.1) is 22.5 Å². The summed E-state index contributed by atoms with van der Waals surface area (Å²) in [4.78, 5) is 17.9. The van der Waals surface area contributed by atoms with E-state index in [1.165, 1.54) is 6.33 Å². The van der Waals surface area contributed by atoms with Crippen LogP contribution in [0.15, 0.2) is 6.33 Å². The van der Waals surface area contributed by atoms with Crippen molar-refractivity contribution in [1.82, 2.24) is 9.97 Å². The second-order valence-corrected chi connectivity index (χ2v) is 2.97. The van der Waals surface area contributed by atoms with Crippen molar-refractivity contribution in [3.63, 3.8) is 0 Å². The van der Waals surface area contributed by atoms with Gasteiger partial charge in [-0.05, 0) is 6.92 Å². The third-order valence-corrected chi connectivity index (χ3v) is 1.80. The highest BCUT2D eigenvalue weighted by Gasteiger charge is 2.23. The van der Waals surface area contributed by atoms with Crippen molar-refractivity contribution in [3.8, 4) is 18.2 Å². The minimum absolute atomic E-state index is 0.0730. The van der Waals surface area contributed by atoms with Crippen molar-refractivity contribution in [1.29, 1.82) is 0 Å². The maximum Gasteiger partial charge on any atom is 0.372 e. The normalized spacial score (nSPS) is 9.41. The van der Waals surface area contributed by atoms with Gasteiger partial charge in [0, 0.05) is 13.0 Å². The summed E-state index contributed by atoms with van der Waals surface area (Å²) in [5.74, 6) is 2.44. The van der Waals surface area contributed by atoms with Crippen LogP contribution >= 0.6 is 0 Å². The Morgan fingerprint density at radius 3 is 3.00 bits per heavy atom. The van der Waals surface area contributed by atoms with E-state index in [-0.39, 0.29) is 24.0 Å². The maximum absolute atomic E-state index is 10.9. The number of nitrogens with zero attached hydrogens (tertiary/aromatic N) is 3. The van der Waals surface area contributed by atoms with E-state index in [9.17, 15) is 10.1 Å². The van der Waals surface area contributed by atoms with Gasteiger partial charge in [-0.2, -0.15) is 4.98 Å². The summed E-state index contributed by atoms with van der Waals surface area (Å²) in [5.41, 5.74) is -0.272. The van der Waals surface area contributed by atoms with Gasteiger partial charge in [0.1, 0.15) is 12.9 Å². The van der Waals surface area contributed by atoms with Crippen LogP contribution in [0.1, 0.15) is 13.3 Å². The molecule has 0 aliphatic heterocycles. The van der Waals surface area contributed by atoms with Crippen molar-refractivity contribution >= 4 is 11.5 Å². The predicted molar refractivity (Wildman–Crippen MR) is 61.8 cm³/mol. The SMILES string of the molecule is C#CCCOc1ncnc(NCC)c1[N+](=O)[O-]. The lowest BCUT2D eigenvalue weighted by atomic mass is 10.4. The van der Waals surface area contributed by atoms with Crippen LogP contribution in [-0.2, 0) is 0 Å². The number of aromatic nitrogens is 2. The zero-order valence-electron chi connectivity index (χ0n) is 9.34. The number of ether oxygens (including phenoxy) is 1. The molecule has 1 aromatic rings. The summed E-state index contributed by atoms with van der Waals surface area (Å²) in [7, 11) is 0. The Balaban J connectivity index is 2.99. The molecule has 0 saturated carbocycles. The summed E-state index contributed by atoms with van der Waals surface area (Å²) in [5, 5.41) is 13.7. The largest absolute Gasteiger partial charge is 0.472 e. The molecule has 0 atom stereocenters. The molecule has 1 heterocycles. The average Bonchev–Trinajstić information content (AvgIpc) is 2.29. The number of hydrogen-bond donors (Lipinski definition) is 1. The van der Waals surface area contributed by atoms with Crippen molar-refractivity contribution in [3.05, 3.63) is 16.4 Å². The number of nitro groups is 1. The quantitative estimate of drug-likeness (QED) is 0.345. The van der Waals surface area contributed by atoms with Crippen LogP contribution in [0.3, 0.4) is 0 Å². The van der Waals surface area contributed by atoms with Crippen molar-refractivity contribution < 1.29 is 9.66 Å². The second-order valence-electron chi connectivity index (χ2n) is 2.97. The molecule has 0 radical (unpaired) electrons. The highest BCUT2D eigenvalue weighted by molar-refractivity contribution is 5.60. The maximum atomic E-state index is 10.9. The molecular weight excluding hydrogens is 224 g/mol. The Morgan fingerprint density at radius 2 is 2.41 bits per heavy atom. The summed E-state index contributed by atoms with van der Waals surface area (Å²) < 4.78 is 5.15. The molecule has 0 aliphatic carbocycles. The molecule has 0 spiro atoms. The molecule has 0 aliphatic rings. The smallest absolute Gasteiger partial charge is 0.372 e. The Bertz CT molecular complexity index is 442. The van der Waals surface area contributed by atoms with E-state index in [0.717, 1.165) is 0 Å². The minimum atomic E-state index is -0.580. The zero-order chi connectivity index (χ0) is 12.7. The summed E-state index contributed by atoms with van der Waals surface area (Å²) in [6.07, 6.45) is 6.62. The van der Waals surface area contributed by atoms with E-state index in [2.05, 4.69) is 21.2 Å². The molecule has 0 aromatic carbocycles. The molecule has 0 unspecified atom stereocenters. The number of anilines is 1. The first-order valence-corrected chi connectivity index (χ1v) is 5.00. The van der Waals surface area contributed by atoms with Gasteiger partial charge in [-0.1, -0.05) is 0 Å². The molecule has 7 heteroatoms. The lowest BCUT2D eigenvalue weighted by Crippen LogP contribution is -2.08. The Hall–Kier alpha value is -2.36. The van der Waals surface area contributed by atoms with Gasteiger partial charge in [0.25, 0.3) is 5.88 Å². The van der Waals surface area contributed by atoms with E-state index in [1.807, 2.05) is 6.92 Å². The van der Waals surface area contributed by atoms with Crippen LogP contribution in [0.25, 0.3) is 0 Å². The van der Waals surface area contributed by atoms with Gasteiger partial charge in [-0.3, -0.25) is 10.1 Å². The van der Waals surface area contributed by atoms with E-state index in [1.54, 1.807) is 0 Å². The minimum Gasteiger partial charge on any atom is -0.472 e. The van der Waals surface area contributed by atoms with Crippen molar-refractivity contribution in [2.75, 3.05) is 18.5 Å². The fraction of sp³-hybridized carbons (Fsp3) is 0.400. The van der Waals surface area contributed by atoms with Gasteiger partial charge in [-0.25, -0.2) is 4.98 Å². The standard InChI is InChI=1S/C10H12N4O3/c1-3-5-6-17-10-8(14(15)16)9(11-4-2)12-7-13-10/h1,7H,4-6H2,2H3,(H,11,12,13). The van der Waals surface area contributed by atoms with Crippen molar-refractivity contribution in [2.45, 2.75) is 13.3 Å². The van der Waals surface area contributed by atoms with Crippen LogP contribution in [0.4, 0.5) is 11.5 Å². The molecule has 0 saturated heterocycles. The van der Waals surface area contributed by atoms with Crippen LogP contribution < -0.4 is 10.1 Å². The third-order valence-electron chi connectivity index (χ3n) is 1.80. The average molecular weight is 236 g/mol. The van der Waals surface area contributed by atoms with E-state index >= 15 is 0 Å². The molecule has 17 heavy (non-hydrogen) atoms. The molecule has 1 aromatic heterocycles. The van der Waals surface area contributed by atoms with E-state index in [4.69, 9.17) is 11.2 Å². The Kier molecular flexibility index (Phi) is 4.69. The summed E-state index contributed by atoms with van der Waals surface area (Å²) in [6.45, 7) is 2.51. The second kappa shape index (κ2) is 6.27. The zero-order valence-corrected chi connectivity index (χ0v) is 9.34. The van der Waals surface area contributed by atoms with E-state index < -0.39 is 4.92 Å². The highest BCUT2D eigenvalue weighted by Crippen LogP contribution is 2.30. The first-order chi connectivity index (χ1) is 8.20. The highest BCUT2D eigenvalue weighted by atomic mass is 16.6. The molecule has 90 valence electrons. The number of hydrogen-bond acceptors (Lipinski definition) is 6. The van der Waals surface area contributed by atoms with Gasteiger partial charge < -0.3 is 10.1 Å². The Labute approximate surface area is 98.4 Å². The molecule has 0 amide bonds. The van der Waals surface area contributed by atoms with Gasteiger partial charge in [0.2, 0.25) is 5.82 Å². The van der Waals surface area contributed by atoms with Crippen LogP contribution in [0.2, 0.25) is 0 Å². The molecule has 1 N–H and O–H groups in total. The predicted octanol–water partition coefficient (Wildman–Crippen LogP) is 1.22. The Morgan fingerprint density at radius 1 is 1.65 bits per heavy atom. The number of terminal acetylenes is 1. The molecule has 0 bridgehead atoms. The number of rotatable bonds is 6. The van der Waals surface area contributed by atoms with Crippen LogP contribution in [0.5, 0.6) is 5.88 Å². The topological polar surface area (TPSA) is 90.2 Å². The van der Waals surface area contributed by atoms with Gasteiger partial charge in [0.15, 0.2) is 0 Å². The molecular formula is C10H12N4O3.